The Morgan fingerprint density at radius 1 is 0.810 bits per heavy atom. The molecule has 2 nitrogen and oxygen atoms in total. The van der Waals surface area contributed by atoms with Crippen LogP contribution in [0.5, 0.6) is 0 Å². The van der Waals surface area contributed by atoms with Crippen molar-refractivity contribution in [2.24, 2.45) is 11.7 Å². The molecule has 0 aromatic heterocycles. The van der Waals surface area contributed by atoms with Crippen molar-refractivity contribution in [3.05, 3.63) is 0 Å². The molecule has 21 heavy (non-hydrogen) atoms. The number of hydrogen-bond donors (Lipinski definition) is 2. The highest BCUT2D eigenvalue weighted by Gasteiger charge is 2.21. The third-order valence-electron chi connectivity index (χ3n) is 4.49. The molecule has 3 heteroatoms. The third-order valence-corrected chi connectivity index (χ3v) is 4.49. The van der Waals surface area contributed by atoms with Gasteiger partial charge in [0.25, 0.3) is 0 Å². The molecule has 0 aromatic carbocycles. The van der Waals surface area contributed by atoms with Gasteiger partial charge >= 0.3 is 0 Å². The van der Waals surface area contributed by atoms with Gasteiger partial charge in [-0.3, -0.25) is 0 Å². The lowest BCUT2D eigenvalue weighted by Crippen LogP contribution is -2.42. The summed E-state index contributed by atoms with van der Waals surface area (Å²) in [6, 6.07) is 0. The fourth-order valence-electron chi connectivity index (χ4n) is 2.58. The number of hydrogen-bond acceptors (Lipinski definition) is 2. The van der Waals surface area contributed by atoms with Crippen molar-refractivity contribution in [1.29, 1.82) is 0 Å². The van der Waals surface area contributed by atoms with Gasteiger partial charge in [0.05, 0.1) is 0 Å². The van der Waals surface area contributed by atoms with E-state index in [0.717, 1.165) is 6.42 Å². The van der Waals surface area contributed by atoms with E-state index in [1.54, 1.807) is 6.92 Å². The minimum Gasteiger partial charge on any atom is -0.376 e. The van der Waals surface area contributed by atoms with E-state index in [4.69, 9.17) is 5.73 Å². The van der Waals surface area contributed by atoms with Crippen LogP contribution < -0.4 is 5.73 Å². The molecule has 0 spiro atoms. The molecule has 0 aliphatic carbocycles. The molecule has 0 rings (SSSR count). The van der Waals surface area contributed by atoms with Gasteiger partial charge in [0.2, 0.25) is 0 Å². The van der Waals surface area contributed by atoms with Crippen LogP contribution in [0.15, 0.2) is 0 Å². The molecule has 0 aromatic rings. The van der Waals surface area contributed by atoms with Crippen LogP contribution in [-0.2, 0) is 0 Å². The van der Waals surface area contributed by atoms with Gasteiger partial charge in [-0.2, -0.15) is 0 Å². The quantitative estimate of drug-likeness (QED) is 0.313. The van der Waals surface area contributed by atoms with Gasteiger partial charge in [0, 0.05) is 0 Å². The van der Waals surface area contributed by atoms with Crippen LogP contribution in [0.25, 0.3) is 0 Å². The largest absolute Gasteiger partial charge is 0.376 e. The molecule has 0 aliphatic heterocycles. The lowest BCUT2D eigenvalue weighted by atomic mass is 9.93. The smallest absolute Gasteiger partial charge is 0.113 e. The topological polar surface area (TPSA) is 46.2 Å². The molecule has 130 valence electrons. The summed E-state index contributed by atoms with van der Waals surface area (Å²) < 4.78 is 0. The predicted octanol–water partition coefficient (Wildman–Crippen LogP) is 5.80. The van der Waals surface area contributed by atoms with Crippen LogP contribution in [0.4, 0.5) is 0 Å². The molecular formula is C18H40ClNO. The second kappa shape index (κ2) is 15.1. The Hall–Kier alpha value is 0.210. The minimum atomic E-state index is -1.00. The molecule has 0 radical (unpaired) electrons. The first kappa shape index (κ1) is 23.5. The summed E-state index contributed by atoms with van der Waals surface area (Å²) in [6.45, 7) is 6.02. The number of unbranched alkanes of at least 4 members (excludes halogenated alkanes) is 11. The van der Waals surface area contributed by atoms with Gasteiger partial charge in [-0.05, 0) is 19.3 Å². The van der Waals surface area contributed by atoms with Crippen LogP contribution >= 0.6 is 12.4 Å². The normalized spacial score (nSPS) is 15.3. The second-order valence-corrected chi connectivity index (χ2v) is 6.80. The molecule has 0 fully saturated rings. The van der Waals surface area contributed by atoms with Gasteiger partial charge < -0.3 is 10.8 Å². The molecule has 2 unspecified atom stereocenters. The Bertz CT molecular complexity index is 204. The number of nitrogens with two attached hydrogens (primary N) is 1. The van der Waals surface area contributed by atoms with E-state index >= 15 is 0 Å². The molecule has 0 heterocycles. The number of rotatable bonds is 14. The molecule has 3 N–H and O–H groups in total. The molecular weight excluding hydrogens is 282 g/mol. The average Bonchev–Trinajstić information content (AvgIpc) is 2.38. The van der Waals surface area contributed by atoms with Crippen LogP contribution in [-0.4, -0.2) is 10.8 Å². The van der Waals surface area contributed by atoms with E-state index in [-0.39, 0.29) is 18.3 Å². The molecule has 2 atom stereocenters. The maximum absolute atomic E-state index is 9.64. The first-order valence-corrected chi connectivity index (χ1v) is 8.99. The van der Waals surface area contributed by atoms with Crippen LogP contribution in [0.1, 0.15) is 104 Å². The Labute approximate surface area is 139 Å². The summed E-state index contributed by atoms with van der Waals surface area (Å²) in [5, 5.41) is 9.64. The van der Waals surface area contributed by atoms with Crippen molar-refractivity contribution in [2.45, 2.75) is 110 Å². The fraction of sp³-hybridized carbons (Fsp3) is 1.00. The monoisotopic (exact) mass is 321 g/mol. The third kappa shape index (κ3) is 16.4. The summed E-state index contributed by atoms with van der Waals surface area (Å²) >= 11 is 0. The fourth-order valence-corrected chi connectivity index (χ4v) is 2.58. The summed E-state index contributed by atoms with van der Waals surface area (Å²) in [7, 11) is 0. The van der Waals surface area contributed by atoms with Crippen molar-refractivity contribution in [3.63, 3.8) is 0 Å². The van der Waals surface area contributed by atoms with Crippen molar-refractivity contribution < 1.29 is 5.11 Å². The average molecular weight is 322 g/mol. The van der Waals surface area contributed by atoms with Gasteiger partial charge in [-0.25, -0.2) is 0 Å². The van der Waals surface area contributed by atoms with E-state index in [1.807, 2.05) is 6.92 Å². The minimum absolute atomic E-state index is 0. The van der Waals surface area contributed by atoms with Crippen molar-refractivity contribution in [3.8, 4) is 0 Å². The lowest BCUT2D eigenvalue weighted by molar-refractivity contribution is 0.00810. The summed E-state index contributed by atoms with van der Waals surface area (Å²) in [4.78, 5) is 0. The molecule has 0 saturated heterocycles. The number of aliphatic hydroxyl groups is 1. The molecule has 0 aliphatic rings. The van der Waals surface area contributed by atoms with E-state index in [9.17, 15) is 5.11 Å². The highest BCUT2D eigenvalue weighted by Crippen LogP contribution is 2.19. The van der Waals surface area contributed by atoms with Crippen molar-refractivity contribution >= 4 is 12.4 Å². The Morgan fingerprint density at radius 2 is 1.14 bits per heavy atom. The summed E-state index contributed by atoms with van der Waals surface area (Å²) in [5.74, 6) is 0.200. The van der Waals surface area contributed by atoms with E-state index in [2.05, 4.69) is 6.92 Å². The van der Waals surface area contributed by atoms with Crippen LogP contribution in [0, 0.1) is 5.92 Å². The Balaban J connectivity index is 0. The molecule has 0 saturated carbocycles. The highest BCUT2D eigenvalue weighted by molar-refractivity contribution is 5.85. The first-order valence-electron chi connectivity index (χ1n) is 8.99. The van der Waals surface area contributed by atoms with E-state index in [0.29, 0.717) is 0 Å². The van der Waals surface area contributed by atoms with Gasteiger partial charge in [-0.15, -0.1) is 12.4 Å². The van der Waals surface area contributed by atoms with Gasteiger partial charge in [-0.1, -0.05) is 90.9 Å². The zero-order valence-electron chi connectivity index (χ0n) is 14.7. The Kier molecular flexibility index (Phi) is 16.9. The first-order chi connectivity index (χ1) is 9.48. The number of halogens is 1. The maximum Gasteiger partial charge on any atom is 0.113 e. The van der Waals surface area contributed by atoms with Crippen molar-refractivity contribution in [2.75, 3.05) is 0 Å². The zero-order valence-corrected chi connectivity index (χ0v) is 15.5. The maximum atomic E-state index is 9.64. The SMILES string of the molecule is CCCCCCCCCCCCCCC(C)C(C)(N)O.Cl. The highest BCUT2D eigenvalue weighted by atomic mass is 35.5. The zero-order chi connectivity index (χ0) is 15.3. The molecule has 0 amide bonds. The van der Waals surface area contributed by atoms with Crippen molar-refractivity contribution in [1.82, 2.24) is 0 Å². The molecule has 0 bridgehead atoms. The van der Waals surface area contributed by atoms with Gasteiger partial charge in [0.1, 0.15) is 5.72 Å². The van der Waals surface area contributed by atoms with Crippen LogP contribution in [0.2, 0.25) is 0 Å². The summed E-state index contributed by atoms with van der Waals surface area (Å²) in [6.07, 6.45) is 17.6. The summed E-state index contributed by atoms with van der Waals surface area (Å²) in [5.41, 5.74) is 4.67. The van der Waals surface area contributed by atoms with E-state index < -0.39 is 5.72 Å². The van der Waals surface area contributed by atoms with E-state index in [1.165, 1.54) is 77.0 Å². The van der Waals surface area contributed by atoms with Crippen LogP contribution in [0.3, 0.4) is 0 Å². The predicted molar refractivity (Wildman–Crippen MR) is 96.9 cm³/mol. The Morgan fingerprint density at radius 3 is 1.48 bits per heavy atom. The second-order valence-electron chi connectivity index (χ2n) is 6.80. The van der Waals surface area contributed by atoms with Gasteiger partial charge in [0.15, 0.2) is 0 Å². The lowest BCUT2D eigenvalue weighted by Gasteiger charge is -2.25. The standard InChI is InChI=1S/C18H39NO.ClH/c1-4-5-6-7-8-9-10-11-12-13-14-15-16-17(2)18(3,19)20;/h17,20H,4-16,19H2,1-3H3;1H.